The van der Waals surface area contributed by atoms with Gasteiger partial charge in [0.2, 0.25) is 0 Å². The van der Waals surface area contributed by atoms with Crippen molar-refractivity contribution in [2.24, 2.45) is 0 Å². The van der Waals surface area contributed by atoms with Crippen molar-refractivity contribution in [2.75, 3.05) is 20.8 Å². The first-order chi connectivity index (χ1) is 21.2. The van der Waals surface area contributed by atoms with Crippen LogP contribution in [0.15, 0.2) is 36.5 Å². The Balaban J connectivity index is 2.11. The van der Waals surface area contributed by atoms with Crippen LogP contribution in [-0.4, -0.2) is 59.6 Å². The van der Waals surface area contributed by atoms with Gasteiger partial charge < -0.3 is 23.3 Å². The van der Waals surface area contributed by atoms with E-state index in [4.69, 9.17) is 19.2 Å². The van der Waals surface area contributed by atoms with E-state index in [1.807, 2.05) is 50.5 Å². The van der Waals surface area contributed by atoms with Crippen LogP contribution < -0.4 is 4.74 Å². The van der Waals surface area contributed by atoms with Crippen LogP contribution in [0.4, 0.5) is 4.79 Å². The largest absolute Gasteiger partial charge is 0.496 e. The van der Waals surface area contributed by atoms with Crippen molar-refractivity contribution in [3.05, 3.63) is 59.0 Å². The van der Waals surface area contributed by atoms with Crippen molar-refractivity contribution in [1.82, 2.24) is 19.0 Å². The van der Waals surface area contributed by atoms with Gasteiger partial charge in [-0.05, 0) is 97.3 Å². The highest BCUT2D eigenvalue weighted by molar-refractivity contribution is 6.76. The molecular weight excluding hydrogens is 595 g/mol. The van der Waals surface area contributed by atoms with Crippen LogP contribution in [0.2, 0.25) is 25.7 Å². The first-order valence-electron chi connectivity index (χ1n) is 15.9. The summed E-state index contributed by atoms with van der Waals surface area (Å²) in [5.41, 5.74) is 2.72. The number of nitrogens with zero attached hydrogens (tertiary/aromatic N) is 5. The number of hydrogen-bond acceptors (Lipinski definition) is 6. The average molecular weight is 646 g/mol. The fourth-order valence-corrected chi connectivity index (χ4v) is 6.66. The number of ether oxygens (including phenoxy) is 3. The number of rotatable bonds is 9. The Labute approximate surface area is 275 Å². The number of amides is 1. The molecule has 0 aliphatic rings. The summed E-state index contributed by atoms with van der Waals surface area (Å²) in [5, 5.41) is 10.7. The molecule has 0 aliphatic heterocycles. The van der Waals surface area contributed by atoms with Crippen molar-refractivity contribution >= 4 is 36.1 Å². The Morgan fingerprint density at radius 1 is 1.07 bits per heavy atom. The fraction of sp³-hybridized carbons (Fsp3) is 0.528. The molecule has 10 heteroatoms. The number of fused-ring (bicyclic) bond motifs is 2. The Kier molecular flexibility index (Phi) is 9.46. The minimum atomic E-state index is -1.35. The zero-order valence-corrected chi connectivity index (χ0v) is 31.0. The van der Waals surface area contributed by atoms with Gasteiger partial charge in [-0.2, -0.15) is 5.26 Å². The number of aryl methyl sites for hydroxylation is 1. The van der Waals surface area contributed by atoms with Crippen LogP contribution >= 0.6 is 0 Å². The summed E-state index contributed by atoms with van der Waals surface area (Å²) in [4.78, 5) is 20.9. The second-order valence-corrected chi connectivity index (χ2v) is 21.1. The van der Waals surface area contributed by atoms with E-state index in [0.717, 1.165) is 33.6 Å². The Hall–Kier alpha value is -3.81. The summed E-state index contributed by atoms with van der Waals surface area (Å²) in [6.45, 7) is 23.9. The van der Waals surface area contributed by atoms with Crippen LogP contribution in [0, 0.1) is 18.3 Å². The van der Waals surface area contributed by atoms with Gasteiger partial charge in [0, 0.05) is 44.4 Å². The number of aromatic nitrogens is 3. The summed E-state index contributed by atoms with van der Waals surface area (Å²) < 4.78 is 22.7. The molecule has 0 radical (unpaired) electrons. The average Bonchev–Trinajstić information content (AvgIpc) is 3.55. The Bertz CT molecular complexity index is 1800. The highest BCUT2D eigenvalue weighted by Crippen LogP contribution is 2.47. The Morgan fingerprint density at radius 3 is 2.30 bits per heavy atom. The highest BCUT2D eigenvalue weighted by atomic mass is 28.3. The van der Waals surface area contributed by atoms with Gasteiger partial charge in [0.05, 0.1) is 35.3 Å². The molecule has 9 nitrogen and oxygen atoms in total. The number of nitriles is 1. The predicted molar refractivity (Wildman–Crippen MR) is 187 cm³/mol. The minimum Gasteiger partial charge on any atom is -0.496 e. The van der Waals surface area contributed by atoms with E-state index < -0.39 is 25.3 Å². The molecule has 0 bridgehead atoms. The third-order valence-corrected chi connectivity index (χ3v) is 10.1. The van der Waals surface area contributed by atoms with Gasteiger partial charge in [0.1, 0.15) is 29.4 Å². The second kappa shape index (κ2) is 12.4. The van der Waals surface area contributed by atoms with E-state index in [1.165, 1.54) is 0 Å². The summed E-state index contributed by atoms with van der Waals surface area (Å²) in [5.74, 6) is 1.21. The van der Waals surface area contributed by atoms with Crippen LogP contribution in [0.5, 0.6) is 5.75 Å². The van der Waals surface area contributed by atoms with Crippen molar-refractivity contribution in [3.8, 4) is 11.8 Å². The number of carbonyl (C=O) groups excluding carboxylic acids is 1. The maximum atomic E-state index is 14.1. The summed E-state index contributed by atoms with van der Waals surface area (Å²) >= 11 is 0. The number of hydrogen-bond donors (Lipinski definition) is 0. The Morgan fingerprint density at radius 2 is 1.74 bits per heavy atom. The fourth-order valence-electron chi connectivity index (χ4n) is 5.90. The summed E-state index contributed by atoms with van der Waals surface area (Å²) in [7, 11) is 2.05. The molecule has 2 aromatic carbocycles. The molecule has 248 valence electrons. The number of imidazole rings is 1. The van der Waals surface area contributed by atoms with Crippen LogP contribution in [-0.2, 0) is 27.3 Å². The maximum Gasteiger partial charge on any atom is 0.411 e. The predicted octanol–water partition coefficient (Wildman–Crippen LogP) is 8.38. The SMILES string of the molecule is COc1cc(C)c2c(ccn2C(C)(C)C)c1C(C)(c1nc2ccc(C#N)cc2n1COCC[Si](C)(C)C)N(C)C(=O)OC(C)(C)C. The van der Waals surface area contributed by atoms with Crippen LogP contribution in [0.3, 0.4) is 0 Å². The minimum absolute atomic E-state index is 0.198. The highest BCUT2D eigenvalue weighted by Gasteiger charge is 2.46. The normalized spacial score (nSPS) is 13.9. The molecule has 46 heavy (non-hydrogen) atoms. The molecule has 0 fully saturated rings. The van der Waals surface area contributed by atoms with Crippen molar-refractivity contribution in [2.45, 2.75) is 104 Å². The van der Waals surface area contributed by atoms with Crippen molar-refractivity contribution in [3.63, 3.8) is 0 Å². The van der Waals surface area contributed by atoms with Crippen molar-refractivity contribution in [1.29, 1.82) is 5.26 Å². The lowest BCUT2D eigenvalue weighted by Crippen LogP contribution is -2.49. The monoisotopic (exact) mass is 645 g/mol. The molecule has 0 spiro atoms. The van der Waals surface area contributed by atoms with Crippen LogP contribution in [0.25, 0.3) is 21.9 Å². The molecular formula is C36H51N5O4Si. The first-order valence-corrected chi connectivity index (χ1v) is 19.6. The van der Waals surface area contributed by atoms with E-state index in [-0.39, 0.29) is 12.3 Å². The maximum absolute atomic E-state index is 14.1. The number of benzene rings is 2. The lowest BCUT2D eigenvalue weighted by molar-refractivity contribution is 0.0101. The molecule has 0 N–H and O–H groups in total. The quantitative estimate of drug-likeness (QED) is 0.134. The molecule has 0 saturated heterocycles. The van der Waals surface area contributed by atoms with Gasteiger partial charge in [-0.1, -0.05) is 19.6 Å². The van der Waals surface area contributed by atoms with Gasteiger partial charge in [-0.25, -0.2) is 9.78 Å². The van der Waals surface area contributed by atoms with Gasteiger partial charge in [0.15, 0.2) is 0 Å². The van der Waals surface area contributed by atoms with Gasteiger partial charge in [0.25, 0.3) is 0 Å². The molecule has 1 atom stereocenters. The molecule has 0 saturated carbocycles. The van der Waals surface area contributed by atoms with E-state index in [2.05, 4.69) is 70.2 Å². The second-order valence-electron chi connectivity index (χ2n) is 15.5. The molecule has 2 aromatic heterocycles. The van der Waals surface area contributed by atoms with Gasteiger partial charge in [-0.3, -0.25) is 4.90 Å². The lowest BCUT2D eigenvalue weighted by Gasteiger charge is -2.40. The third-order valence-electron chi connectivity index (χ3n) is 8.42. The molecule has 0 aliphatic carbocycles. The molecule has 2 heterocycles. The summed E-state index contributed by atoms with van der Waals surface area (Å²) in [6, 6.07) is 12.8. The van der Waals surface area contributed by atoms with E-state index >= 15 is 0 Å². The molecule has 1 unspecified atom stereocenters. The van der Waals surface area contributed by atoms with E-state index in [1.54, 1.807) is 25.1 Å². The zero-order valence-electron chi connectivity index (χ0n) is 30.0. The van der Waals surface area contributed by atoms with Crippen LogP contribution in [0.1, 0.15) is 71.0 Å². The topological polar surface area (TPSA) is 94.5 Å². The number of methoxy groups -OCH3 is 1. The standard InChI is InChI=1S/C36H51N5O4Si/c1-24-20-29(43-10)30(26-16-17-41(31(24)26)34(2,3)4)36(8,39(9)33(42)45-35(5,6)7)32-38-27-15-14-25(22-37)21-28(27)40(32)23-44-18-19-46(11,12)13/h14-17,20-21H,18-19,23H2,1-13H3. The van der Waals surface area contributed by atoms with E-state index in [0.29, 0.717) is 29.3 Å². The number of carbonyl (C=O) groups is 1. The molecule has 1 amide bonds. The van der Waals surface area contributed by atoms with Gasteiger partial charge >= 0.3 is 6.09 Å². The smallest absolute Gasteiger partial charge is 0.411 e. The first kappa shape index (κ1) is 35.0. The summed E-state index contributed by atoms with van der Waals surface area (Å²) in [6.07, 6.45) is 1.59. The van der Waals surface area contributed by atoms with E-state index in [9.17, 15) is 10.1 Å². The molecule has 4 rings (SSSR count). The lowest BCUT2D eigenvalue weighted by atomic mass is 9.85. The van der Waals surface area contributed by atoms with Crippen molar-refractivity contribution < 1.29 is 19.0 Å². The third kappa shape index (κ3) is 6.81. The zero-order chi connectivity index (χ0) is 34.4. The molecule has 4 aromatic rings. The van der Waals surface area contributed by atoms with Gasteiger partial charge in [-0.15, -0.1) is 0 Å².